The third-order valence-corrected chi connectivity index (χ3v) is 8.04. The number of urea groups is 1. The van der Waals surface area contributed by atoms with Gasteiger partial charge in [0.05, 0.1) is 10.3 Å². The monoisotopic (exact) mass is 695 g/mol. The van der Waals surface area contributed by atoms with Crippen molar-refractivity contribution in [3.63, 3.8) is 0 Å². The predicted octanol–water partition coefficient (Wildman–Crippen LogP) is 4.22. The number of amides is 4. The molecule has 4 amide bonds. The molecule has 0 spiro atoms. The summed E-state index contributed by atoms with van der Waals surface area (Å²) in [7, 11) is 0. The Bertz CT molecular complexity index is 1650. The van der Waals surface area contributed by atoms with E-state index in [0.717, 1.165) is 23.7 Å². The van der Waals surface area contributed by atoms with Crippen molar-refractivity contribution in [1.82, 2.24) is 9.80 Å². The lowest BCUT2D eigenvalue weighted by molar-refractivity contribution is -0.126. The highest BCUT2D eigenvalue weighted by molar-refractivity contribution is 9.10. The number of hydrogen-bond acceptors (Lipinski definition) is 8. The number of hydrogen-bond donors (Lipinski definition) is 3. The third kappa shape index (κ3) is 9.74. The van der Waals surface area contributed by atoms with Gasteiger partial charge in [0.25, 0.3) is 5.91 Å². The van der Waals surface area contributed by atoms with Crippen LogP contribution in [0.15, 0.2) is 79.6 Å². The van der Waals surface area contributed by atoms with Crippen molar-refractivity contribution in [2.24, 2.45) is 9.39 Å². The maximum absolute atomic E-state index is 13.2. The Labute approximate surface area is 271 Å². The van der Waals surface area contributed by atoms with E-state index in [0.29, 0.717) is 42.5 Å². The predicted molar refractivity (Wildman–Crippen MR) is 172 cm³/mol. The van der Waals surface area contributed by atoms with Gasteiger partial charge in [-0.05, 0) is 74.6 Å². The summed E-state index contributed by atoms with van der Waals surface area (Å²) in [6, 6.07) is 12.1. The van der Waals surface area contributed by atoms with Gasteiger partial charge in [-0.15, -0.1) is 0 Å². The average Bonchev–Trinajstić information content (AvgIpc) is 3.18. The zero-order valence-electron chi connectivity index (χ0n) is 24.2. The van der Waals surface area contributed by atoms with Crippen LogP contribution in [0.2, 0.25) is 0 Å². The van der Waals surface area contributed by atoms with Crippen molar-refractivity contribution in [1.29, 1.82) is 0 Å². The number of nitrogens with zero attached hydrogens (tertiary/aromatic N) is 4. The number of carbonyl (C=O) groups excluding carboxylic acids is 3. The number of ether oxygens (including phenoxy) is 1. The summed E-state index contributed by atoms with van der Waals surface area (Å²) in [6.07, 6.45) is 2.04. The lowest BCUT2D eigenvalue weighted by Crippen LogP contribution is -2.50. The summed E-state index contributed by atoms with van der Waals surface area (Å²) in [6.45, 7) is 1.21. The van der Waals surface area contributed by atoms with E-state index in [1.807, 2.05) is 29.2 Å². The van der Waals surface area contributed by atoms with Crippen LogP contribution in [0.5, 0.6) is 5.75 Å². The maximum atomic E-state index is 13.2. The normalized spacial score (nSPS) is 15.8. The van der Waals surface area contributed by atoms with Gasteiger partial charge < -0.3 is 34.6 Å². The van der Waals surface area contributed by atoms with Crippen LogP contribution in [0.25, 0.3) is 0 Å². The molecule has 1 fully saturated rings. The van der Waals surface area contributed by atoms with Gasteiger partial charge in [-0.3, -0.25) is 4.79 Å². The number of aliphatic imine (C=N–C) groups is 1. The second-order valence-electron chi connectivity index (χ2n) is 10.1. The van der Waals surface area contributed by atoms with Gasteiger partial charge in [-0.25, -0.2) is 9.59 Å². The number of rotatable bonds is 7. The minimum Gasteiger partial charge on any atom is -0.591 e. The fraction of sp³-hybridized carbons (Fsp3) is 0.323. The van der Waals surface area contributed by atoms with E-state index in [1.165, 1.54) is 17.2 Å². The molecule has 3 N–H and O–H groups in total. The van der Waals surface area contributed by atoms with E-state index in [-0.39, 0.29) is 24.2 Å². The van der Waals surface area contributed by atoms with Gasteiger partial charge in [0.1, 0.15) is 23.4 Å². The van der Waals surface area contributed by atoms with Gasteiger partial charge in [0, 0.05) is 55.5 Å². The highest BCUT2D eigenvalue weighted by Gasteiger charge is 2.33. The number of nitrogens with one attached hydrogen (secondary N) is 1. The second kappa shape index (κ2) is 16.0. The molecule has 2 heterocycles. The zero-order valence-corrected chi connectivity index (χ0v) is 26.6. The molecule has 0 aliphatic carbocycles. The average molecular weight is 697 g/mol. The van der Waals surface area contributed by atoms with Crippen LogP contribution >= 0.6 is 15.9 Å². The lowest BCUT2D eigenvalue weighted by Gasteiger charge is -2.37. The minimum atomic E-state index is -1.51. The Morgan fingerprint density at radius 1 is 1.22 bits per heavy atom. The number of likely N-dealkylation sites (tertiary alicyclic amines) is 1. The first-order valence-corrected chi connectivity index (χ1v) is 16.2. The highest BCUT2D eigenvalue weighted by Crippen LogP contribution is 2.27. The SMILES string of the molecule is C[S+]([O-])N=C=C=C(O)C=C=C=NC(=O)[C@@H](Cc1ccc(O)c(Br)c1)OC(=O)N1CCC(N2CCc3ccccc3NC2=O)CC1. The maximum Gasteiger partial charge on any atom is 0.410 e. The summed E-state index contributed by atoms with van der Waals surface area (Å²) >= 11 is 1.73. The number of benzene rings is 2. The van der Waals surface area contributed by atoms with Crippen LogP contribution in [0.1, 0.15) is 24.0 Å². The standard InChI is InChI=1S/C31H30BrN5O7S/c1-45(43)34-15-10-24(38)6-4-14-33-29(40)28(20-21-8-9-27(39)25(32)19-21)44-31(42)36-16-12-23(13-17-36)37-18-11-22-5-2-3-7-26(22)35-30(37)41/h2-3,5-9,19,23,28,38-39H,11-13,16-18,20H2,1H3,(H,35,41)/t28-,45?/m1/s1. The number of aliphatic hydroxyl groups excluding tert-OH is 1. The van der Waals surface area contributed by atoms with Crippen molar-refractivity contribution in [2.45, 2.75) is 37.8 Å². The third-order valence-electron chi connectivity index (χ3n) is 7.05. The van der Waals surface area contributed by atoms with Crippen LogP contribution in [0, 0.1) is 0 Å². The number of aromatic hydroxyl groups is 1. The van der Waals surface area contributed by atoms with Gasteiger partial charge in [-0.1, -0.05) is 24.3 Å². The van der Waals surface area contributed by atoms with Crippen LogP contribution in [0.3, 0.4) is 0 Å². The quantitative estimate of drug-likeness (QED) is 0.128. The first kappa shape index (κ1) is 33.4. The number of carbonyl (C=O) groups is 3. The number of piperidine rings is 1. The molecule has 234 valence electrons. The molecule has 0 saturated carbocycles. The number of halogens is 1. The Kier molecular flexibility index (Phi) is 11.9. The molecule has 45 heavy (non-hydrogen) atoms. The van der Waals surface area contributed by atoms with Gasteiger partial charge in [0.15, 0.2) is 11.9 Å². The van der Waals surface area contributed by atoms with Crippen molar-refractivity contribution >= 4 is 62.8 Å². The number of aliphatic hydroxyl groups is 1. The summed E-state index contributed by atoms with van der Waals surface area (Å²) in [5, 5.41) is 22.5. The van der Waals surface area contributed by atoms with Crippen molar-refractivity contribution in [3.8, 4) is 5.75 Å². The lowest BCUT2D eigenvalue weighted by atomic mass is 10.0. The van der Waals surface area contributed by atoms with E-state index in [1.54, 1.807) is 12.1 Å². The van der Waals surface area contributed by atoms with Gasteiger partial charge in [0.2, 0.25) is 0 Å². The molecule has 14 heteroatoms. The molecule has 2 aromatic rings. The number of allylic oxidation sites excluding steroid dienone is 1. The number of phenolic OH excluding ortho intramolecular Hbond substituents is 1. The summed E-state index contributed by atoms with van der Waals surface area (Å²) < 4.78 is 20.3. The highest BCUT2D eigenvalue weighted by atomic mass is 79.9. The molecule has 0 bridgehead atoms. The second-order valence-corrected chi connectivity index (χ2v) is 12.0. The number of anilines is 1. The molecule has 4 rings (SSSR count). The summed E-state index contributed by atoms with van der Waals surface area (Å²) in [5.41, 5.74) is 7.04. The molecular formula is C31H30BrN5O7S. The van der Waals surface area contributed by atoms with E-state index >= 15 is 0 Å². The van der Waals surface area contributed by atoms with Crippen LogP contribution in [-0.2, 0) is 33.7 Å². The first-order chi connectivity index (χ1) is 21.6. The molecule has 2 atom stereocenters. The topological polar surface area (TPSA) is 167 Å². The molecule has 1 unspecified atom stereocenters. The first-order valence-electron chi connectivity index (χ1n) is 13.9. The Morgan fingerprint density at radius 2 is 1.98 bits per heavy atom. The molecule has 2 aromatic carbocycles. The minimum absolute atomic E-state index is 0.00619. The fourth-order valence-electron chi connectivity index (χ4n) is 4.81. The Morgan fingerprint density at radius 3 is 2.71 bits per heavy atom. The molecule has 0 radical (unpaired) electrons. The molecular weight excluding hydrogens is 666 g/mol. The van der Waals surface area contributed by atoms with E-state index in [2.05, 4.69) is 53.8 Å². The van der Waals surface area contributed by atoms with E-state index in [4.69, 9.17) is 4.74 Å². The van der Waals surface area contributed by atoms with Crippen LogP contribution in [0.4, 0.5) is 15.3 Å². The van der Waals surface area contributed by atoms with Crippen molar-refractivity contribution in [3.05, 3.63) is 81.4 Å². The van der Waals surface area contributed by atoms with Crippen LogP contribution < -0.4 is 5.32 Å². The molecule has 1 saturated heterocycles. The summed E-state index contributed by atoms with van der Waals surface area (Å²) in [5.74, 6) is 3.11. The van der Waals surface area contributed by atoms with E-state index < -0.39 is 35.2 Å². The molecule has 12 nitrogen and oxygen atoms in total. The van der Waals surface area contributed by atoms with Gasteiger partial charge >= 0.3 is 12.1 Å². The molecule has 2 aliphatic rings. The Hall–Kier alpha value is -4.50. The molecule has 2 aliphatic heterocycles. The van der Waals surface area contributed by atoms with Crippen molar-refractivity contribution in [2.75, 3.05) is 31.2 Å². The summed E-state index contributed by atoms with van der Waals surface area (Å²) in [4.78, 5) is 46.1. The number of phenols is 1. The largest absolute Gasteiger partial charge is 0.591 e. The number of para-hydroxylation sites is 1. The smallest absolute Gasteiger partial charge is 0.410 e. The molecule has 0 aromatic heterocycles. The van der Waals surface area contributed by atoms with Crippen LogP contribution in [-0.4, -0.2) is 92.4 Å². The zero-order chi connectivity index (χ0) is 32.3. The van der Waals surface area contributed by atoms with Crippen molar-refractivity contribution < 1.29 is 33.9 Å². The fourth-order valence-corrected chi connectivity index (χ4v) is 5.41. The Balaban J connectivity index is 1.42. The van der Waals surface area contributed by atoms with Gasteiger partial charge in [-0.2, -0.15) is 4.99 Å². The van der Waals surface area contributed by atoms with E-state index in [9.17, 15) is 29.1 Å². The number of fused-ring (bicyclic) bond motifs is 1.